The fourth-order valence-electron chi connectivity index (χ4n) is 1.90. The van der Waals surface area contributed by atoms with E-state index in [2.05, 4.69) is 39.1 Å². The molecule has 0 spiro atoms. The number of rotatable bonds is 5. The van der Waals surface area contributed by atoms with E-state index in [9.17, 15) is 4.79 Å². The van der Waals surface area contributed by atoms with Crippen LogP contribution in [0.15, 0.2) is 42.6 Å². The lowest BCUT2D eigenvalue weighted by atomic mass is 10.1. The van der Waals surface area contributed by atoms with Crippen LogP contribution in [0.1, 0.15) is 23.1 Å². The first kappa shape index (κ1) is 14.0. The number of esters is 1. The molecule has 5 nitrogen and oxygen atoms in total. The van der Waals surface area contributed by atoms with Crippen LogP contribution in [-0.4, -0.2) is 29.1 Å². The van der Waals surface area contributed by atoms with Gasteiger partial charge in [0.1, 0.15) is 5.82 Å². The second-order valence-corrected chi connectivity index (χ2v) is 4.49. The third-order valence-corrected chi connectivity index (χ3v) is 2.80. The summed E-state index contributed by atoms with van der Waals surface area (Å²) in [7, 11) is 1.31. The molecular formula is C15H17N3O2. The number of ether oxygens (including phenoxy) is 1. The lowest BCUT2D eigenvalue weighted by Gasteiger charge is -2.14. The molecule has 1 N–H and O–H groups in total. The van der Waals surface area contributed by atoms with E-state index in [4.69, 9.17) is 0 Å². The summed E-state index contributed by atoms with van der Waals surface area (Å²) in [4.78, 5) is 19.4. The lowest BCUT2D eigenvalue weighted by molar-refractivity contribution is 0.0587. The van der Waals surface area contributed by atoms with Crippen LogP contribution in [0.2, 0.25) is 0 Å². The van der Waals surface area contributed by atoms with E-state index < -0.39 is 5.97 Å². The molecule has 0 aliphatic rings. The van der Waals surface area contributed by atoms with Gasteiger partial charge in [-0.1, -0.05) is 30.3 Å². The maximum atomic E-state index is 11.4. The highest BCUT2D eigenvalue weighted by atomic mass is 16.5. The Hall–Kier alpha value is -2.43. The van der Waals surface area contributed by atoms with Gasteiger partial charge in [0.15, 0.2) is 0 Å². The molecule has 0 aliphatic carbocycles. The van der Waals surface area contributed by atoms with Crippen molar-refractivity contribution >= 4 is 11.8 Å². The van der Waals surface area contributed by atoms with E-state index >= 15 is 0 Å². The van der Waals surface area contributed by atoms with Crippen LogP contribution in [0, 0.1) is 0 Å². The Morgan fingerprint density at radius 2 is 2.05 bits per heavy atom. The van der Waals surface area contributed by atoms with Crippen molar-refractivity contribution in [1.82, 2.24) is 9.97 Å². The number of hydrogen-bond donors (Lipinski definition) is 1. The molecule has 1 aromatic carbocycles. The summed E-state index contributed by atoms with van der Waals surface area (Å²) >= 11 is 0. The SMILES string of the molecule is COC(=O)c1nccc(NC(C)Cc2ccccc2)n1. The number of methoxy groups -OCH3 is 1. The smallest absolute Gasteiger partial charge is 0.376 e. The van der Waals surface area contributed by atoms with Crippen LogP contribution in [0.25, 0.3) is 0 Å². The van der Waals surface area contributed by atoms with E-state index in [1.807, 2.05) is 18.2 Å². The molecule has 0 aliphatic heterocycles. The normalized spacial score (nSPS) is 11.7. The zero-order valence-electron chi connectivity index (χ0n) is 11.5. The summed E-state index contributed by atoms with van der Waals surface area (Å²) < 4.78 is 4.60. The van der Waals surface area contributed by atoms with Gasteiger partial charge in [-0.25, -0.2) is 14.8 Å². The van der Waals surface area contributed by atoms with Crippen LogP contribution in [0.3, 0.4) is 0 Å². The monoisotopic (exact) mass is 271 g/mol. The number of benzene rings is 1. The molecule has 1 atom stereocenters. The fourth-order valence-corrected chi connectivity index (χ4v) is 1.90. The molecule has 1 aromatic heterocycles. The number of nitrogens with one attached hydrogen (secondary N) is 1. The predicted molar refractivity (Wildman–Crippen MR) is 76.6 cm³/mol. The third-order valence-electron chi connectivity index (χ3n) is 2.80. The number of aromatic nitrogens is 2. The molecule has 104 valence electrons. The molecular weight excluding hydrogens is 254 g/mol. The van der Waals surface area contributed by atoms with E-state index in [0.29, 0.717) is 5.82 Å². The van der Waals surface area contributed by atoms with Crippen molar-refractivity contribution < 1.29 is 9.53 Å². The summed E-state index contributed by atoms with van der Waals surface area (Å²) in [6.07, 6.45) is 2.41. The van der Waals surface area contributed by atoms with Crippen LogP contribution in [-0.2, 0) is 11.2 Å². The Labute approximate surface area is 118 Å². The summed E-state index contributed by atoms with van der Waals surface area (Å²) in [5, 5.41) is 3.25. The van der Waals surface area contributed by atoms with Gasteiger partial charge >= 0.3 is 5.97 Å². The Balaban J connectivity index is 2.01. The van der Waals surface area contributed by atoms with Crippen molar-refractivity contribution in [3.63, 3.8) is 0 Å². The molecule has 0 saturated heterocycles. The number of anilines is 1. The van der Waals surface area contributed by atoms with E-state index in [1.54, 1.807) is 6.07 Å². The van der Waals surface area contributed by atoms with Crippen molar-refractivity contribution in [3.8, 4) is 0 Å². The molecule has 0 fully saturated rings. The zero-order chi connectivity index (χ0) is 14.4. The average Bonchev–Trinajstić information content (AvgIpc) is 2.47. The van der Waals surface area contributed by atoms with Crippen LogP contribution in [0.5, 0.6) is 0 Å². The Morgan fingerprint density at radius 1 is 1.30 bits per heavy atom. The summed E-state index contributed by atoms with van der Waals surface area (Å²) in [5.74, 6) is 0.137. The minimum atomic E-state index is -0.538. The fraction of sp³-hybridized carbons (Fsp3) is 0.267. The number of carbonyl (C=O) groups excluding carboxylic acids is 1. The van der Waals surface area contributed by atoms with Crippen LogP contribution >= 0.6 is 0 Å². The van der Waals surface area contributed by atoms with Crippen molar-refractivity contribution in [3.05, 3.63) is 54.0 Å². The third kappa shape index (κ3) is 3.78. The molecule has 0 bridgehead atoms. The molecule has 0 saturated carbocycles. The van der Waals surface area contributed by atoms with Gasteiger partial charge in [-0.2, -0.15) is 0 Å². The first-order valence-corrected chi connectivity index (χ1v) is 6.41. The Bertz CT molecular complexity index is 572. The first-order valence-electron chi connectivity index (χ1n) is 6.41. The van der Waals surface area contributed by atoms with Crippen molar-refractivity contribution in [2.45, 2.75) is 19.4 Å². The second kappa shape index (κ2) is 6.65. The van der Waals surface area contributed by atoms with Gasteiger partial charge in [-0.3, -0.25) is 0 Å². The highest BCUT2D eigenvalue weighted by Gasteiger charge is 2.11. The first-order chi connectivity index (χ1) is 9.69. The van der Waals surface area contributed by atoms with Crippen molar-refractivity contribution in [2.75, 3.05) is 12.4 Å². The quantitative estimate of drug-likeness (QED) is 0.845. The zero-order valence-corrected chi connectivity index (χ0v) is 11.5. The largest absolute Gasteiger partial charge is 0.463 e. The summed E-state index contributed by atoms with van der Waals surface area (Å²) in [6, 6.07) is 12.1. The predicted octanol–water partition coefficient (Wildman–Crippen LogP) is 2.31. The van der Waals surface area contributed by atoms with E-state index in [-0.39, 0.29) is 11.9 Å². The van der Waals surface area contributed by atoms with Crippen LogP contribution < -0.4 is 5.32 Å². The Kier molecular flexibility index (Phi) is 4.65. The molecule has 5 heteroatoms. The van der Waals surface area contributed by atoms with Crippen molar-refractivity contribution in [2.24, 2.45) is 0 Å². The number of nitrogens with zero attached hydrogens (tertiary/aromatic N) is 2. The highest BCUT2D eigenvalue weighted by molar-refractivity contribution is 5.85. The molecule has 1 unspecified atom stereocenters. The van der Waals surface area contributed by atoms with Gasteiger partial charge in [0.25, 0.3) is 0 Å². The maximum Gasteiger partial charge on any atom is 0.376 e. The number of carbonyl (C=O) groups is 1. The average molecular weight is 271 g/mol. The van der Waals surface area contributed by atoms with Gasteiger partial charge in [0, 0.05) is 12.2 Å². The second-order valence-electron chi connectivity index (χ2n) is 4.49. The summed E-state index contributed by atoms with van der Waals surface area (Å²) in [5.41, 5.74) is 1.25. The van der Waals surface area contributed by atoms with Gasteiger partial charge < -0.3 is 10.1 Å². The minimum Gasteiger partial charge on any atom is -0.463 e. The van der Waals surface area contributed by atoms with Gasteiger partial charge in [-0.05, 0) is 25.0 Å². The highest BCUT2D eigenvalue weighted by Crippen LogP contribution is 2.09. The summed E-state index contributed by atoms with van der Waals surface area (Å²) in [6.45, 7) is 2.06. The topological polar surface area (TPSA) is 64.1 Å². The molecule has 0 amide bonds. The molecule has 2 aromatic rings. The molecule has 0 radical (unpaired) electrons. The number of hydrogen-bond acceptors (Lipinski definition) is 5. The van der Waals surface area contributed by atoms with Gasteiger partial charge in [0.2, 0.25) is 5.82 Å². The molecule has 2 rings (SSSR count). The molecule has 1 heterocycles. The minimum absolute atomic E-state index is 0.0596. The maximum absolute atomic E-state index is 11.4. The Morgan fingerprint density at radius 3 is 2.75 bits per heavy atom. The standard InChI is InChI=1S/C15H17N3O2/c1-11(10-12-6-4-3-5-7-12)17-13-8-9-16-14(18-13)15(19)20-2/h3-9,11H,10H2,1-2H3,(H,16,17,18). The van der Waals surface area contributed by atoms with Gasteiger partial charge in [-0.15, -0.1) is 0 Å². The van der Waals surface area contributed by atoms with E-state index in [0.717, 1.165) is 6.42 Å². The van der Waals surface area contributed by atoms with Gasteiger partial charge in [0.05, 0.1) is 7.11 Å². The van der Waals surface area contributed by atoms with Crippen LogP contribution in [0.4, 0.5) is 5.82 Å². The van der Waals surface area contributed by atoms with Crippen molar-refractivity contribution in [1.29, 1.82) is 0 Å². The lowest BCUT2D eigenvalue weighted by Crippen LogP contribution is -2.20. The molecule has 20 heavy (non-hydrogen) atoms. The van der Waals surface area contributed by atoms with E-state index in [1.165, 1.54) is 18.9 Å².